The van der Waals surface area contributed by atoms with Gasteiger partial charge in [0.05, 0.1) is 19.6 Å². The third-order valence-corrected chi connectivity index (χ3v) is 6.78. The number of benzene rings is 1. The van der Waals surface area contributed by atoms with Crippen molar-refractivity contribution < 1.29 is 14.3 Å². The van der Waals surface area contributed by atoms with E-state index < -0.39 is 0 Å². The molecule has 0 N–H and O–H groups in total. The van der Waals surface area contributed by atoms with Gasteiger partial charge < -0.3 is 24.3 Å². The molecule has 0 aliphatic carbocycles. The van der Waals surface area contributed by atoms with Gasteiger partial charge in [0, 0.05) is 81.0 Å². The summed E-state index contributed by atoms with van der Waals surface area (Å²) in [4.78, 5) is 39.0. The number of likely N-dealkylation sites (N-methyl/N-ethyl adjacent to an activating group) is 1. The van der Waals surface area contributed by atoms with Gasteiger partial charge in [-0.1, -0.05) is 6.07 Å². The Kier molecular flexibility index (Phi) is 5.97. The highest BCUT2D eigenvalue weighted by molar-refractivity contribution is 6.16. The van der Waals surface area contributed by atoms with E-state index >= 15 is 0 Å². The molecule has 8 heteroatoms. The number of aliphatic imine (C=N–C) groups is 1. The van der Waals surface area contributed by atoms with Gasteiger partial charge >= 0.3 is 0 Å². The summed E-state index contributed by atoms with van der Waals surface area (Å²) >= 11 is 0. The van der Waals surface area contributed by atoms with Crippen LogP contribution in [0, 0.1) is 0 Å². The third kappa shape index (κ3) is 4.29. The molecule has 0 unspecified atom stereocenters. The van der Waals surface area contributed by atoms with Gasteiger partial charge in [-0.05, 0) is 25.6 Å². The van der Waals surface area contributed by atoms with Crippen LogP contribution in [-0.2, 0) is 20.7 Å². The first kappa shape index (κ1) is 21.2. The van der Waals surface area contributed by atoms with Crippen molar-refractivity contribution in [2.24, 2.45) is 4.99 Å². The average Bonchev–Trinajstić information content (AvgIpc) is 3.24. The minimum Gasteiger partial charge on any atom is -0.378 e. The molecule has 2 fully saturated rings. The number of hydrogen-bond donors (Lipinski definition) is 0. The minimum atomic E-state index is 0.0171. The molecular formula is C24H31N5O3. The number of anilines is 2. The molecule has 4 heterocycles. The van der Waals surface area contributed by atoms with Gasteiger partial charge in [-0.25, -0.2) is 4.99 Å². The van der Waals surface area contributed by atoms with Crippen LogP contribution in [0.1, 0.15) is 18.4 Å². The fraction of sp³-hybridized carbons (Fsp3) is 0.542. The van der Waals surface area contributed by atoms with E-state index in [2.05, 4.69) is 38.9 Å². The van der Waals surface area contributed by atoms with E-state index in [9.17, 15) is 9.59 Å². The van der Waals surface area contributed by atoms with E-state index in [-0.39, 0.29) is 24.5 Å². The van der Waals surface area contributed by atoms with Crippen molar-refractivity contribution in [1.29, 1.82) is 0 Å². The van der Waals surface area contributed by atoms with Crippen molar-refractivity contribution in [3.63, 3.8) is 0 Å². The first-order valence-corrected chi connectivity index (χ1v) is 11.6. The van der Waals surface area contributed by atoms with Crippen molar-refractivity contribution in [3.8, 4) is 0 Å². The quantitative estimate of drug-likeness (QED) is 0.708. The maximum absolute atomic E-state index is 13.3. The lowest BCUT2D eigenvalue weighted by atomic mass is 10.1. The standard InChI is InChI=1S/C24H31N5O3/c1-26-7-9-27(10-8-26)21-3-2-4-22-20(21)5-6-29(22)24(31)16-18-15-19(30)17-23(25-18)28-11-13-32-14-12-28/h2-4,17H,5-16H2,1H3. The zero-order valence-electron chi connectivity index (χ0n) is 18.8. The van der Waals surface area contributed by atoms with Crippen molar-refractivity contribution >= 4 is 28.8 Å². The van der Waals surface area contributed by atoms with Gasteiger partial charge in [0.25, 0.3) is 0 Å². The fourth-order valence-electron chi connectivity index (χ4n) is 4.97. The molecule has 1 aromatic carbocycles. The number of fused-ring (bicyclic) bond motifs is 1. The number of allylic oxidation sites excluding steroid dienone is 1. The van der Waals surface area contributed by atoms with Crippen molar-refractivity contribution in [3.05, 3.63) is 35.7 Å². The highest BCUT2D eigenvalue weighted by Crippen LogP contribution is 2.36. The van der Waals surface area contributed by atoms with Crippen LogP contribution in [0.25, 0.3) is 0 Å². The van der Waals surface area contributed by atoms with Crippen molar-refractivity contribution in [1.82, 2.24) is 9.80 Å². The Bertz CT molecular complexity index is 958. The average molecular weight is 438 g/mol. The van der Waals surface area contributed by atoms with Gasteiger partial charge in [0.2, 0.25) is 5.91 Å². The summed E-state index contributed by atoms with van der Waals surface area (Å²) in [7, 11) is 2.16. The number of rotatable bonds is 4. The Morgan fingerprint density at radius 1 is 1.00 bits per heavy atom. The first-order valence-electron chi connectivity index (χ1n) is 11.6. The summed E-state index contributed by atoms with van der Waals surface area (Å²) in [6.07, 6.45) is 2.88. The highest BCUT2D eigenvalue weighted by Gasteiger charge is 2.30. The molecule has 8 nitrogen and oxygen atoms in total. The number of carbonyl (C=O) groups excluding carboxylic acids is 2. The van der Waals surface area contributed by atoms with Gasteiger partial charge in [-0.15, -0.1) is 0 Å². The number of ketones is 1. The summed E-state index contributed by atoms with van der Waals surface area (Å²) in [6.45, 7) is 7.53. The number of hydrogen-bond acceptors (Lipinski definition) is 7. The molecular weight excluding hydrogens is 406 g/mol. The van der Waals surface area contributed by atoms with Crippen LogP contribution in [0.15, 0.2) is 35.1 Å². The lowest BCUT2D eigenvalue weighted by molar-refractivity contribution is -0.117. The molecule has 5 rings (SSSR count). The van der Waals surface area contributed by atoms with E-state index in [1.54, 1.807) is 6.08 Å². The SMILES string of the molecule is CN1CCN(c2cccc3c2CCN3C(=O)CC2=NC(N3CCOCC3)=CC(=O)C2)CC1. The molecule has 1 aromatic rings. The van der Waals surface area contributed by atoms with Crippen LogP contribution < -0.4 is 9.80 Å². The zero-order chi connectivity index (χ0) is 22.1. The molecule has 32 heavy (non-hydrogen) atoms. The van der Waals surface area contributed by atoms with Crippen LogP contribution in [-0.4, -0.2) is 93.3 Å². The predicted octanol–water partition coefficient (Wildman–Crippen LogP) is 1.30. The second kappa shape index (κ2) is 9.03. The maximum Gasteiger partial charge on any atom is 0.232 e. The van der Waals surface area contributed by atoms with Crippen molar-refractivity contribution in [2.75, 3.05) is 75.9 Å². The van der Waals surface area contributed by atoms with Gasteiger partial charge in [-0.3, -0.25) is 9.59 Å². The van der Waals surface area contributed by atoms with Crippen LogP contribution in [0.2, 0.25) is 0 Å². The fourth-order valence-corrected chi connectivity index (χ4v) is 4.97. The van der Waals surface area contributed by atoms with E-state index in [4.69, 9.17) is 4.74 Å². The Labute approximate surface area is 189 Å². The molecule has 4 aliphatic rings. The molecule has 2 saturated heterocycles. The van der Waals surface area contributed by atoms with E-state index in [1.807, 2.05) is 11.0 Å². The largest absolute Gasteiger partial charge is 0.378 e. The smallest absolute Gasteiger partial charge is 0.232 e. The lowest BCUT2D eigenvalue weighted by Crippen LogP contribution is -2.44. The third-order valence-electron chi connectivity index (χ3n) is 6.78. The predicted molar refractivity (Wildman–Crippen MR) is 124 cm³/mol. The number of ether oxygens (including phenoxy) is 1. The van der Waals surface area contributed by atoms with E-state index in [1.165, 1.54) is 11.3 Å². The number of carbonyl (C=O) groups is 2. The topological polar surface area (TPSA) is 68.7 Å². The minimum absolute atomic E-state index is 0.0171. The number of piperazine rings is 1. The summed E-state index contributed by atoms with van der Waals surface area (Å²) in [5.74, 6) is 0.712. The molecule has 0 radical (unpaired) electrons. The van der Waals surface area contributed by atoms with Crippen LogP contribution >= 0.6 is 0 Å². The molecule has 0 aromatic heterocycles. The molecule has 4 aliphatic heterocycles. The molecule has 1 amide bonds. The Morgan fingerprint density at radius 2 is 1.75 bits per heavy atom. The first-order chi connectivity index (χ1) is 15.6. The molecule has 0 bridgehead atoms. The van der Waals surface area contributed by atoms with E-state index in [0.717, 1.165) is 51.4 Å². The Hall–Kier alpha value is -2.71. The molecule has 170 valence electrons. The molecule has 0 atom stereocenters. The van der Waals surface area contributed by atoms with Gasteiger partial charge in [0.15, 0.2) is 5.78 Å². The molecule has 0 spiro atoms. The Morgan fingerprint density at radius 3 is 2.53 bits per heavy atom. The second-order valence-corrected chi connectivity index (χ2v) is 8.96. The molecule has 0 saturated carbocycles. The lowest BCUT2D eigenvalue weighted by Gasteiger charge is -2.35. The normalized spacial score (nSPS) is 22.0. The monoisotopic (exact) mass is 437 g/mol. The van der Waals surface area contributed by atoms with Gasteiger partial charge in [0.1, 0.15) is 5.82 Å². The van der Waals surface area contributed by atoms with E-state index in [0.29, 0.717) is 31.3 Å². The van der Waals surface area contributed by atoms with Crippen molar-refractivity contribution in [2.45, 2.75) is 19.3 Å². The van der Waals surface area contributed by atoms with Crippen LogP contribution in [0.5, 0.6) is 0 Å². The number of nitrogens with zero attached hydrogens (tertiary/aromatic N) is 5. The van der Waals surface area contributed by atoms with Crippen LogP contribution in [0.4, 0.5) is 11.4 Å². The summed E-state index contributed by atoms with van der Waals surface area (Å²) < 4.78 is 5.40. The maximum atomic E-state index is 13.3. The number of morpholine rings is 1. The summed E-state index contributed by atoms with van der Waals surface area (Å²) in [5, 5.41) is 0. The highest BCUT2D eigenvalue weighted by atomic mass is 16.5. The number of amides is 1. The van der Waals surface area contributed by atoms with Crippen LogP contribution in [0.3, 0.4) is 0 Å². The van der Waals surface area contributed by atoms with Gasteiger partial charge in [-0.2, -0.15) is 0 Å². The summed E-state index contributed by atoms with van der Waals surface area (Å²) in [6, 6.07) is 6.28. The summed E-state index contributed by atoms with van der Waals surface area (Å²) in [5.41, 5.74) is 4.19. The zero-order valence-corrected chi connectivity index (χ0v) is 18.8. The Balaban J connectivity index is 1.30. The second-order valence-electron chi connectivity index (χ2n) is 8.96.